The molecule has 124 valence electrons. The van der Waals surface area contributed by atoms with Crippen LogP contribution < -0.4 is 11.1 Å². The van der Waals surface area contributed by atoms with E-state index < -0.39 is 0 Å². The number of nitrogens with two attached hydrogens (primary N) is 1. The van der Waals surface area contributed by atoms with Crippen molar-refractivity contribution >= 4 is 5.69 Å². The standard InChI is InChI=1S/C16H27N3O3/c17-9-3-1-2-4-11-22-12-6-10-18-14-15-7-5-8-16(13-15)19(20)21/h5,7-8,13,18H,1-4,6,9-12,14,17H2. The van der Waals surface area contributed by atoms with Crippen LogP contribution in [0.2, 0.25) is 0 Å². The Labute approximate surface area is 132 Å². The highest BCUT2D eigenvalue weighted by Gasteiger charge is 2.04. The van der Waals surface area contributed by atoms with Gasteiger partial charge in [0.25, 0.3) is 5.69 Å². The van der Waals surface area contributed by atoms with Gasteiger partial charge < -0.3 is 15.8 Å². The summed E-state index contributed by atoms with van der Waals surface area (Å²) in [5.74, 6) is 0. The minimum absolute atomic E-state index is 0.136. The molecule has 22 heavy (non-hydrogen) atoms. The Morgan fingerprint density at radius 2 is 1.91 bits per heavy atom. The lowest BCUT2D eigenvalue weighted by atomic mass is 10.2. The lowest BCUT2D eigenvalue weighted by Crippen LogP contribution is -2.16. The Morgan fingerprint density at radius 1 is 1.14 bits per heavy atom. The van der Waals surface area contributed by atoms with E-state index in [1.807, 2.05) is 6.07 Å². The summed E-state index contributed by atoms with van der Waals surface area (Å²) < 4.78 is 5.56. The van der Waals surface area contributed by atoms with Crippen molar-refractivity contribution in [3.8, 4) is 0 Å². The van der Waals surface area contributed by atoms with Gasteiger partial charge in [0.15, 0.2) is 0 Å². The molecule has 0 heterocycles. The van der Waals surface area contributed by atoms with Crippen molar-refractivity contribution in [2.75, 3.05) is 26.3 Å². The summed E-state index contributed by atoms with van der Waals surface area (Å²) in [6, 6.07) is 6.70. The van der Waals surface area contributed by atoms with Crippen LogP contribution in [0.4, 0.5) is 5.69 Å². The van der Waals surface area contributed by atoms with E-state index >= 15 is 0 Å². The third-order valence-electron chi connectivity index (χ3n) is 3.34. The van der Waals surface area contributed by atoms with Crippen molar-refractivity contribution in [3.05, 3.63) is 39.9 Å². The van der Waals surface area contributed by atoms with Crippen LogP contribution in [0, 0.1) is 10.1 Å². The van der Waals surface area contributed by atoms with Crippen LogP contribution in [0.25, 0.3) is 0 Å². The Hall–Kier alpha value is -1.50. The fourth-order valence-electron chi connectivity index (χ4n) is 2.12. The molecule has 0 unspecified atom stereocenters. The highest BCUT2D eigenvalue weighted by atomic mass is 16.6. The van der Waals surface area contributed by atoms with Gasteiger partial charge in [0, 0.05) is 31.9 Å². The number of hydrogen-bond donors (Lipinski definition) is 2. The fraction of sp³-hybridized carbons (Fsp3) is 0.625. The summed E-state index contributed by atoms with van der Waals surface area (Å²) in [4.78, 5) is 10.3. The zero-order chi connectivity index (χ0) is 16.0. The minimum Gasteiger partial charge on any atom is -0.381 e. The number of unbranched alkanes of at least 4 members (excludes halogenated alkanes) is 3. The molecule has 0 spiro atoms. The quantitative estimate of drug-likeness (QED) is 0.332. The van der Waals surface area contributed by atoms with Crippen LogP contribution in [-0.2, 0) is 11.3 Å². The van der Waals surface area contributed by atoms with Crippen LogP contribution in [-0.4, -0.2) is 31.2 Å². The molecule has 0 bridgehead atoms. The van der Waals surface area contributed by atoms with Gasteiger partial charge >= 0.3 is 0 Å². The molecule has 3 N–H and O–H groups in total. The Balaban J connectivity index is 1.97. The van der Waals surface area contributed by atoms with Gasteiger partial charge in [-0.1, -0.05) is 25.0 Å². The summed E-state index contributed by atoms with van der Waals surface area (Å²) in [7, 11) is 0. The summed E-state index contributed by atoms with van der Waals surface area (Å²) in [5, 5.41) is 13.9. The number of nitrogens with one attached hydrogen (secondary N) is 1. The molecule has 1 rings (SSSR count). The molecule has 1 aromatic rings. The van der Waals surface area contributed by atoms with E-state index in [4.69, 9.17) is 10.5 Å². The van der Waals surface area contributed by atoms with Gasteiger partial charge in [-0.25, -0.2) is 0 Å². The van der Waals surface area contributed by atoms with E-state index in [1.165, 1.54) is 18.9 Å². The Morgan fingerprint density at radius 3 is 2.68 bits per heavy atom. The van der Waals surface area contributed by atoms with Gasteiger partial charge in [-0.2, -0.15) is 0 Å². The average molecular weight is 309 g/mol. The number of nitro groups is 1. The van der Waals surface area contributed by atoms with Crippen LogP contribution in [0.15, 0.2) is 24.3 Å². The first-order valence-corrected chi connectivity index (χ1v) is 7.96. The van der Waals surface area contributed by atoms with Gasteiger partial charge in [0.2, 0.25) is 0 Å². The third-order valence-corrected chi connectivity index (χ3v) is 3.34. The van der Waals surface area contributed by atoms with Crippen molar-refractivity contribution < 1.29 is 9.66 Å². The molecule has 0 saturated heterocycles. The van der Waals surface area contributed by atoms with Crippen molar-refractivity contribution in [1.29, 1.82) is 0 Å². The van der Waals surface area contributed by atoms with Crippen LogP contribution in [0.1, 0.15) is 37.7 Å². The number of rotatable bonds is 13. The molecule has 1 aromatic carbocycles. The monoisotopic (exact) mass is 309 g/mol. The molecule has 0 aliphatic rings. The minimum atomic E-state index is -0.370. The number of hydrogen-bond acceptors (Lipinski definition) is 5. The molecule has 0 fully saturated rings. The first-order chi connectivity index (χ1) is 10.7. The van der Waals surface area contributed by atoms with Crippen LogP contribution >= 0.6 is 0 Å². The smallest absolute Gasteiger partial charge is 0.269 e. The third kappa shape index (κ3) is 8.71. The molecule has 0 saturated carbocycles. The predicted molar refractivity (Wildman–Crippen MR) is 87.8 cm³/mol. The lowest BCUT2D eigenvalue weighted by molar-refractivity contribution is -0.384. The maximum Gasteiger partial charge on any atom is 0.269 e. The first-order valence-electron chi connectivity index (χ1n) is 7.96. The summed E-state index contributed by atoms with van der Waals surface area (Å²) in [5.41, 5.74) is 6.49. The highest BCUT2D eigenvalue weighted by Crippen LogP contribution is 2.12. The molecular formula is C16H27N3O3. The van der Waals surface area contributed by atoms with Gasteiger partial charge in [-0.15, -0.1) is 0 Å². The second-order valence-corrected chi connectivity index (χ2v) is 5.27. The second-order valence-electron chi connectivity index (χ2n) is 5.27. The SMILES string of the molecule is NCCCCCCOCCCNCc1cccc([N+](=O)[O-])c1. The van der Waals surface area contributed by atoms with Crippen molar-refractivity contribution in [2.24, 2.45) is 5.73 Å². The van der Waals surface area contributed by atoms with Crippen LogP contribution in [0.5, 0.6) is 0 Å². The topological polar surface area (TPSA) is 90.4 Å². The van der Waals surface area contributed by atoms with Crippen molar-refractivity contribution in [2.45, 2.75) is 38.6 Å². The van der Waals surface area contributed by atoms with Crippen LogP contribution in [0.3, 0.4) is 0 Å². The van der Waals surface area contributed by atoms with E-state index in [0.717, 1.165) is 51.1 Å². The largest absolute Gasteiger partial charge is 0.381 e. The number of nitrogens with zero attached hydrogens (tertiary/aromatic N) is 1. The van der Waals surface area contributed by atoms with Crippen molar-refractivity contribution in [3.63, 3.8) is 0 Å². The van der Waals surface area contributed by atoms with E-state index in [-0.39, 0.29) is 10.6 Å². The molecule has 0 aliphatic heterocycles. The van der Waals surface area contributed by atoms with Gasteiger partial charge in [0.1, 0.15) is 0 Å². The lowest BCUT2D eigenvalue weighted by Gasteiger charge is -2.06. The second kappa shape index (κ2) is 12.1. The van der Waals surface area contributed by atoms with E-state index in [9.17, 15) is 10.1 Å². The molecule has 0 aliphatic carbocycles. The first kappa shape index (κ1) is 18.5. The summed E-state index contributed by atoms with van der Waals surface area (Å²) >= 11 is 0. The van der Waals surface area contributed by atoms with E-state index in [1.54, 1.807) is 12.1 Å². The summed E-state index contributed by atoms with van der Waals surface area (Å²) in [6.07, 6.45) is 5.51. The normalized spacial score (nSPS) is 10.8. The molecule has 0 amide bonds. The Bertz CT molecular complexity index is 427. The average Bonchev–Trinajstić information content (AvgIpc) is 2.53. The number of benzene rings is 1. The maximum atomic E-state index is 10.7. The maximum absolute atomic E-state index is 10.7. The highest BCUT2D eigenvalue weighted by molar-refractivity contribution is 5.34. The van der Waals surface area contributed by atoms with Gasteiger partial charge in [-0.3, -0.25) is 10.1 Å². The molecule has 0 atom stereocenters. The number of nitro benzene ring substituents is 1. The predicted octanol–water partition coefficient (Wildman–Crippen LogP) is 2.61. The van der Waals surface area contributed by atoms with Gasteiger partial charge in [0.05, 0.1) is 4.92 Å². The number of ether oxygens (including phenoxy) is 1. The van der Waals surface area contributed by atoms with E-state index in [2.05, 4.69) is 5.32 Å². The summed E-state index contributed by atoms with van der Waals surface area (Å²) in [6.45, 7) is 3.82. The van der Waals surface area contributed by atoms with E-state index in [0.29, 0.717) is 6.54 Å². The Kier molecular flexibility index (Phi) is 10.2. The fourth-order valence-corrected chi connectivity index (χ4v) is 2.12. The molecule has 6 heteroatoms. The number of non-ortho nitro benzene ring substituents is 1. The molecular weight excluding hydrogens is 282 g/mol. The molecule has 0 aromatic heterocycles. The molecule has 6 nitrogen and oxygen atoms in total. The zero-order valence-corrected chi connectivity index (χ0v) is 13.1. The zero-order valence-electron chi connectivity index (χ0n) is 13.1. The van der Waals surface area contributed by atoms with Gasteiger partial charge in [-0.05, 0) is 37.9 Å². The van der Waals surface area contributed by atoms with Crippen molar-refractivity contribution in [1.82, 2.24) is 5.32 Å². The molecule has 0 radical (unpaired) electrons.